The Balaban J connectivity index is 2.16. The van der Waals surface area contributed by atoms with E-state index in [2.05, 4.69) is 9.97 Å². The van der Waals surface area contributed by atoms with Gasteiger partial charge in [0.15, 0.2) is 17.4 Å². The molecule has 6 nitrogen and oxygen atoms in total. The first-order valence-corrected chi connectivity index (χ1v) is 9.58. The smallest absolute Gasteiger partial charge is 0.335 e. The molecule has 0 saturated heterocycles. The third-order valence-electron chi connectivity index (χ3n) is 4.81. The highest BCUT2D eigenvalue weighted by Gasteiger charge is 2.19. The Morgan fingerprint density at radius 3 is 2.35 bits per heavy atom. The van der Waals surface area contributed by atoms with Crippen LogP contribution in [0.4, 0.5) is 8.78 Å². The molecule has 1 aromatic heterocycles. The van der Waals surface area contributed by atoms with E-state index >= 15 is 0 Å². The molecule has 0 saturated carbocycles. The van der Waals surface area contributed by atoms with Gasteiger partial charge in [-0.05, 0) is 49.6 Å². The summed E-state index contributed by atoms with van der Waals surface area (Å²) in [5.74, 6) is -3.22. The quantitative estimate of drug-likeness (QED) is 0.525. The molecule has 3 rings (SSSR count). The van der Waals surface area contributed by atoms with E-state index in [4.69, 9.17) is 9.47 Å². The fraction of sp³-hybridized carbons (Fsp3) is 0.261. The van der Waals surface area contributed by atoms with Crippen LogP contribution in [0.2, 0.25) is 0 Å². The van der Waals surface area contributed by atoms with Crippen LogP contribution in [0.1, 0.15) is 28.0 Å². The fourth-order valence-corrected chi connectivity index (χ4v) is 3.30. The average Bonchev–Trinajstić information content (AvgIpc) is 2.73. The Bertz CT molecular complexity index is 1100. The van der Waals surface area contributed by atoms with Crippen molar-refractivity contribution in [1.29, 1.82) is 0 Å². The van der Waals surface area contributed by atoms with Gasteiger partial charge in [0, 0.05) is 31.0 Å². The van der Waals surface area contributed by atoms with Crippen molar-refractivity contribution in [3.05, 3.63) is 65.0 Å². The summed E-state index contributed by atoms with van der Waals surface area (Å²) in [5.41, 5.74) is 2.85. The fourth-order valence-electron chi connectivity index (χ4n) is 3.30. The van der Waals surface area contributed by atoms with Crippen LogP contribution in [0.25, 0.3) is 22.5 Å². The second-order valence-corrected chi connectivity index (χ2v) is 6.96. The molecule has 0 bridgehead atoms. The number of methoxy groups -OCH3 is 2. The molecule has 0 aliphatic rings. The first-order valence-electron chi connectivity index (χ1n) is 9.58. The average molecular weight is 428 g/mol. The van der Waals surface area contributed by atoms with Gasteiger partial charge in [-0.1, -0.05) is 6.07 Å². The Kier molecular flexibility index (Phi) is 6.91. The van der Waals surface area contributed by atoms with Gasteiger partial charge in [0.2, 0.25) is 0 Å². The van der Waals surface area contributed by atoms with Gasteiger partial charge >= 0.3 is 5.97 Å². The number of carboxylic acid groups (broad SMARTS) is 1. The van der Waals surface area contributed by atoms with E-state index in [0.29, 0.717) is 35.5 Å². The lowest BCUT2D eigenvalue weighted by Gasteiger charge is -2.13. The molecule has 8 heteroatoms. The largest absolute Gasteiger partial charge is 0.491 e. The highest BCUT2D eigenvalue weighted by molar-refractivity contribution is 5.90. The van der Waals surface area contributed by atoms with E-state index in [-0.39, 0.29) is 16.8 Å². The zero-order valence-electron chi connectivity index (χ0n) is 17.4. The number of carboxylic acids is 1. The van der Waals surface area contributed by atoms with E-state index in [1.165, 1.54) is 13.2 Å². The highest BCUT2D eigenvalue weighted by Crippen LogP contribution is 2.34. The number of halogens is 2. The number of hydrogen-bond acceptors (Lipinski definition) is 5. The molecule has 0 atom stereocenters. The predicted molar refractivity (Wildman–Crippen MR) is 111 cm³/mol. The standard InChI is InChI=1S/C23H22F2N2O4/c1-13-9-14(6-7-17(13)23(28)29)21-20(26-12-16(27-21)5-4-8-30-2)15-10-18(24)22(31-3)19(25)11-15/h6-7,9-12H,4-5,8H2,1-3H3,(H,28,29). The molecule has 3 aromatic rings. The number of nitrogens with zero attached hydrogens (tertiary/aromatic N) is 2. The molecule has 1 heterocycles. The number of rotatable bonds is 8. The highest BCUT2D eigenvalue weighted by atomic mass is 19.1. The van der Waals surface area contributed by atoms with Crippen LogP contribution in [0, 0.1) is 18.6 Å². The van der Waals surface area contributed by atoms with Crippen molar-refractivity contribution < 1.29 is 28.2 Å². The molecular formula is C23H22F2N2O4. The van der Waals surface area contributed by atoms with Gasteiger partial charge in [0.1, 0.15) is 0 Å². The Morgan fingerprint density at radius 1 is 1.06 bits per heavy atom. The summed E-state index contributed by atoms with van der Waals surface area (Å²) in [6, 6.07) is 7.04. The predicted octanol–water partition coefficient (Wildman–Crippen LogP) is 4.68. The van der Waals surface area contributed by atoms with Crippen molar-refractivity contribution >= 4 is 5.97 Å². The summed E-state index contributed by atoms with van der Waals surface area (Å²) < 4.78 is 38.5. The Labute approximate surface area is 178 Å². The SMILES string of the molecule is COCCCc1cnc(-c2cc(F)c(OC)c(F)c2)c(-c2ccc(C(=O)O)c(C)c2)n1. The number of carbonyl (C=O) groups is 1. The van der Waals surface area contributed by atoms with Crippen LogP contribution < -0.4 is 4.74 Å². The van der Waals surface area contributed by atoms with Gasteiger partial charge in [-0.25, -0.2) is 18.6 Å². The number of aromatic nitrogens is 2. The van der Waals surface area contributed by atoms with E-state index < -0.39 is 23.4 Å². The summed E-state index contributed by atoms with van der Waals surface area (Å²) in [7, 11) is 2.80. The topological polar surface area (TPSA) is 81.5 Å². The summed E-state index contributed by atoms with van der Waals surface area (Å²) >= 11 is 0. The summed E-state index contributed by atoms with van der Waals surface area (Å²) in [4.78, 5) is 20.5. The normalized spacial score (nSPS) is 10.9. The van der Waals surface area contributed by atoms with Gasteiger partial charge in [-0.15, -0.1) is 0 Å². The molecule has 0 radical (unpaired) electrons. The number of hydrogen-bond donors (Lipinski definition) is 1. The molecule has 31 heavy (non-hydrogen) atoms. The zero-order valence-corrected chi connectivity index (χ0v) is 17.4. The maximum Gasteiger partial charge on any atom is 0.335 e. The van der Waals surface area contributed by atoms with Crippen molar-refractivity contribution in [2.45, 2.75) is 19.8 Å². The minimum atomic E-state index is -1.04. The van der Waals surface area contributed by atoms with E-state index in [1.807, 2.05) is 0 Å². The van der Waals surface area contributed by atoms with Gasteiger partial charge in [0.05, 0.1) is 29.8 Å². The van der Waals surface area contributed by atoms with Crippen LogP contribution in [0.3, 0.4) is 0 Å². The van der Waals surface area contributed by atoms with Gasteiger partial charge in [-0.2, -0.15) is 0 Å². The van der Waals surface area contributed by atoms with Gasteiger partial charge in [-0.3, -0.25) is 4.98 Å². The van der Waals surface area contributed by atoms with Crippen LogP contribution in [-0.4, -0.2) is 41.9 Å². The molecule has 0 fully saturated rings. The molecule has 0 amide bonds. The van der Waals surface area contributed by atoms with Crippen LogP contribution in [0.15, 0.2) is 36.5 Å². The molecule has 0 unspecified atom stereocenters. The third-order valence-corrected chi connectivity index (χ3v) is 4.81. The van der Waals surface area contributed by atoms with Gasteiger partial charge < -0.3 is 14.6 Å². The molecule has 0 aliphatic carbocycles. The molecule has 162 valence electrons. The maximum atomic E-state index is 14.3. The van der Waals surface area contributed by atoms with Crippen molar-refractivity contribution in [3.63, 3.8) is 0 Å². The second-order valence-electron chi connectivity index (χ2n) is 6.96. The second kappa shape index (κ2) is 9.61. The lowest BCUT2D eigenvalue weighted by atomic mass is 9.99. The zero-order chi connectivity index (χ0) is 22.5. The number of benzene rings is 2. The molecule has 0 aliphatic heterocycles. The van der Waals surface area contributed by atoms with E-state index in [0.717, 1.165) is 18.6 Å². The maximum absolute atomic E-state index is 14.3. The van der Waals surface area contributed by atoms with Crippen LogP contribution in [-0.2, 0) is 11.2 Å². The first-order chi connectivity index (χ1) is 14.8. The molecule has 2 aromatic carbocycles. The number of aromatic carboxylic acids is 1. The van der Waals surface area contributed by atoms with E-state index in [1.54, 1.807) is 32.4 Å². The Hall–Kier alpha value is -3.39. The van der Waals surface area contributed by atoms with Crippen LogP contribution >= 0.6 is 0 Å². The minimum Gasteiger partial charge on any atom is -0.491 e. The lowest BCUT2D eigenvalue weighted by Crippen LogP contribution is -2.03. The van der Waals surface area contributed by atoms with Crippen molar-refractivity contribution in [3.8, 4) is 28.3 Å². The third kappa shape index (κ3) is 4.86. The summed E-state index contributed by atoms with van der Waals surface area (Å²) in [6.45, 7) is 2.23. The number of aryl methyl sites for hydroxylation is 2. The molecule has 0 spiro atoms. The Morgan fingerprint density at radius 2 is 1.77 bits per heavy atom. The molecule has 1 N–H and O–H groups in total. The van der Waals surface area contributed by atoms with Gasteiger partial charge in [0.25, 0.3) is 0 Å². The van der Waals surface area contributed by atoms with Crippen molar-refractivity contribution in [1.82, 2.24) is 9.97 Å². The van der Waals surface area contributed by atoms with E-state index in [9.17, 15) is 18.7 Å². The van der Waals surface area contributed by atoms with Crippen molar-refractivity contribution in [2.24, 2.45) is 0 Å². The first kappa shape index (κ1) is 22.3. The van der Waals surface area contributed by atoms with Crippen molar-refractivity contribution in [2.75, 3.05) is 20.8 Å². The molecular weight excluding hydrogens is 406 g/mol. The monoisotopic (exact) mass is 428 g/mol. The lowest BCUT2D eigenvalue weighted by molar-refractivity contribution is 0.0696. The van der Waals surface area contributed by atoms with Crippen LogP contribution in [0.5, 0.6) is 5.75 Å². The summed E-state index contributed by atoms with van der Waals surface area (Å²) in [6.07, 6.45) is 2.89. The number of ether oxygens (including phenoxy) is 2. The summed E-state index contributed by atoms with van der Waals surface area (Å²) in [5, 5.41) is 9.30. The minimum absolute atomic E-state index is 0.163.